The molecule has 0 saturated carbocycles. The quantitative estimate of drug-likeness (QED) is 0.805. The number of piperazine rings is 1. The minimum absolute atomic E-state index is 0.0783. The summed E-state index contributed by atoms with van der Waals surface area (Å²) < 4.78 is 13.1. The van der Waals surface area contributed by atoms with Crippen molar-refractivity contribution in [2.24, 2.45) is 0 Å². The smallest absolute Gasteiger partial charge is 0.407 e. The average Bonchev–Trinajstić information content (AvgIpc) is 2.27. The molecule has 2 rings (SSSR count). The molecule has 2 atom stereocenters. The summed E-state index contributed by atoms with van der Waals surface area (Å²) >= 11 is 0. The van der Waals surface area contributed by atoms with Crippen LogP contribution in [0.25, 0.3) is 0 Å². The first-order valence-corrected chi connectivity index (χ1v) is 5.97. The maximum atomic E-state index is 13.1. The van der Waals surface area contributed by atoms with E-state index in [2.05, 4.69) is 5.32 Å². The molecule has 1 saturated heterocycles. The zero-order chi connectivity index (χ0) is 13.3. The van der Waals surface area contributed by atoms with Gasteiger partial charge in [-0.15, -0.1) is 0 Å². The topological polar surface area (TPSA) is 52.6 Å². The van der Waals surface area contributed by atoms with Gasteiger partial charge in [-0.2, -0.15) is 0 Å². The van der Waals surface area contributed by atoms with Gasteiger partial charge in [-0.25, -0.2) is 9.18 Å². The Bertz CT molecular complexity index is 464. The van der Waals surface area contributed by atoms with Gasteiger partial charge in [0.05, 0.1) is 6.04 Å². The Balaban J connectivity index is 2.24. The van der Waals surface area contributed by atoms with Gasteiger partial charge in [0.2, 0.25) is 0 Å². The van der Waals surface area contributed by atoms with Gasteiger partial charge in [0, 0.05) is 19.1 Å². The van der Waals surface area contributed by atoms with Crippen molar-refractivity contribution < 1.29 is 14.3 Å². The van der Waals surface area contributed by atoms with E-state index in [-0.39, 0.29) is 17.9 Å². The molecule has 5 heteroatoms. The average molecular weight is 252 g/mol. The van der Waals surface area contributed by atoms with Crippen molar-refractivity contribution in [3.8, 4) is 0 Å². The van der Waals surface area contributed by atoms with Crippen LogP contribution in [0.3, 0.4) is 0 Å². The van der Waals surface area contributed by atoms with Crippen molar-refractivity contribution in [1.29, 1.82) is 0 Å². The van der Waals surface area contributed by atoms with Crippen LogP contribution in [0.15, 0.2) is 18.2 Å². The standard InChI is InChI=1S/C13H17FN2O2/c1-8-5-10(14)3-4-11(8)12-7-16(13(17)18)6-9(2)15-12/h3-5,9,12,15H,6-7H2,1-2H3,(H,17,18). The molecule has 0 radical (unpaired) electrons. The van der Waals surface area contributed by atoms with Crippen LogP contribution in [0, 0.1) is 12.7 Å². The van der Waals surface area contributed by atoms with Gasteiger partial charge < -0.3 is 15.3 Å². The summed E-state index contributed by atoms with van der Waals surface area (Å²) in [6.45, 7) is 4.66. The lowest BCUT2D eigenvalue weighted by Gasteiger charge is -2.36. The predicted molar refractivity (Wildman–Crippen MR) is 66.1 cm³/mol. The zero-order valence-electron chi connectivity index (χ0n) is 10.5. The van der Waals surface area contributed by atoms with Crippen LogP contribution in [0.2, 0.25) is 0 Å². The monoisotopic (exact) mass is 252 g/mol. The van der Waals surface area contributed by atoms with Gasteiger partial charge in [-0.1, -0.05) is 6.07 Å². The molecular formula is C13H17FN2O2. The first-order chi connectivity index (χ1) is 8.47. The van der Waals surface area contributed by atoms with Gasteiger partial charge in [-0.3, -0.25) is 0 Å². The van der Waals surface area contributed by atoms with Gasteiger partial charge in [0.1, 0.15) is 5.82 Å². The second-order valence-corrected chi connectivity index (χ2v) is 4.81. The van der Waals surface area contributed by atoms with E-state index in [9.17, 15) is 9.18 Å². The molecule has 1 heterocycles. The van der Waals surface area contributed by atoms with Crippen molar-refractivity contribution in [2.75, 3.05) is 13.1 Å². The highest BCUT2D eigenvalue weighted by molar-refractivity contribution is 5.65. The number of halogens is 1. The zero-order valence-corrected chi connectivity index (χ0v) is 10.5. The second-order valence-electron chi connectivity index (χ2n) is 4.81. The molecule has 1 aromatic carbocycles. The molecule has 18 heavy (non-hydrogen) atoms. The van der Waals surface area contributed by atoms with Crippen LogP contribution in [0.1, 0.15) is 24.1 Å². The molecule has 2 unspecified atom stereocenters. The fourth-order valence-corrected chi connectivity index (χ4v) is 2.45. The fraction of sp³-hybridized carbons (Fsp3) is 0.462. The van der Waals surface area contributed by atoms with Crippen LogP contribution in [-0.2, 0) is 0 Å². The number of hydrogen-bond acceptors (Lipinski definition) is 2. The Morgan fingerprint density at radius 3 is 2.83 bits per heavy atom. The highest BCUT2D eigenvalue weighted by Gasteiger charge is 2.28. The van der Waals surface area contributed by atoms with Crippen molar-refractivity contribution >= 4 is 6.09 Å². The molecule has 1 aliphatic heterocycles. The van der Waals surface area contributed by atoms with Crippen molar-refractivity contribution in [1.82, 2.24) is 10.2 Å². The maximum Gasteiger partial charge on any atom is 0.407 e. The number of rotatable bonds is 1. The number of benzene rings is 1. The summed E-state index contributed by atoms with van der Waals surface area (Å²) in [4.78, 5) is 12.5. The summed E-state index contributed by atoms with van der Waals surface area (Å²) in [5.74, 6) is -0.268. The third kappa shape index (κ3) is 2.61. The van der Waals surface area contributed by atoms with Crippen molar-refractivity contribution in [3.63, 3.8) is 0 Å². The minimum atomic E-state index is -0.909. The molecule has 4 nitrogen and oxygen atoms in total. The van der Waals surface area contributed by atoms with Gasteiger partial charge >= 0.3 is 6.09 Å². The lowest BCUT2D eigenvalue weighted by Crippen LogP contribution is -2.52. The van der Waals surface area contributed by atoms with E-state index in [4.69, 9.17) is 5.11 Å². The third-order valence-corrected chi connectivity index (χ3v) is 3.26. The van der Waals surface area contributed by atoms with Crippen LogP contribution in [0.4, 0.5) is 9.18 Å². The molecule has 0 spiro atoms. The number of amides is 1. The Morgan fingerprint density at radius 2 is 2.22 bits per heavy atom. The van der Waals surface area contributed by atoms with Crippen molar-refractivity contribution in [3.05, 3.63) is 35.1 Å². The SMILES string of the molecule is Cc1cc(F)ccc1C1CN(C(=O)O)CC(C)N1. The molecule has 0 aromatic heterocycles. The van der Waals surface area contributed by atoms with E-state index < -0.39 is 6.09 Å². The first kappa shape index (κ1) is 12.8. The minimum Gasteiger partial charge on any atom is -0.465 e. The summed E-state index contributed by atoms with van der Waals surface area (Å²) in [7, 11) is 0. The Kier molecular flexibility index (Phi) is 3.52. The summed E-state index contributed by atoms with van der Waals surface area (Å²) in [5.41, 5.74) is 1.79. The van der Waals surface area contributed by atoms with Crippen LogP contribution >= 0.6 is 0 Å². The number of aryl methyl sites for hydroxylation is 1. The Morgan fingerprint density at radius 1 is 1.50 bits per heavy atom. The van der Waals surface area contributed by atoms with Crippen LogP contribution in [-0.4, -0.2) is 35.2 Å². The molecule has 0 bridgehead atoms. The Labute approximate surface area is 105 Å². The number of nitrogens with one attached hydrogen (secondary N) is 1. The molecular weight excluding hydrogens is 235 g/mol. The highest BCUT2D eigenvalue weighted by atomic mass is 19.1. The first-order valence-electron chi connectivity index (χ1n) is 5.97. The Hall–Kier alpha value is -1.62. The van der Waals surface area contributed by atoms with Crippen LogP contribution < -0.4 is 5.32 Å². The van der Waals surface area contributed by atoms with E-state index in [0.29, 0.717) is 13.1 Å². The van der Waals surface area contributed by atoms with Gasteiger partial charge in [0.25, 0.3) is 0 Å². The van der Waals surface area contributed by atoms with Gasteiger partial charge in [-0.05, 0) is 37.1 Å². The summed E-state index contributed by atoms with van der Waals surface area (Å²) in [5, 5.41) is 12.4. The number of hydrogen-bond donors (Lipinski definition) is 2. The number of carboxylic acid groups (broad SMARTS) is 1. The predicted octanol–water partition coefficient (Wildman–Crippen LogP) is 2.15. The molecule has 98 valence electrons. The molecule has 0 aliphatic carbocycles. The summed E-state index contributed by atoms with van der Waals surface area (Å²) in [6, 6.07) is 4.62. The van der Waals surface area contributed by atoms with E-state index in [1.54, 1.807) is 6.07 Å². The van der Waals surface area contributed by atoms with E-state index in [1.165, 1.54) is 17.0 Å². The molecule has 1 aromatic rings. The number of nitrogens with zero attached hydrogens (tertiary/aromatic N) is 1. The lowest BCUT2D eigenvalue weighted by molar-refractivity contribution is 0.117. The maximum absolute atomic E-state index is 13.1. The third-order valence-electron chi connectivity index (χ3n) is 3.26. The van der Waals surface area contributed by atoms with E-state index >= 15 is 0 Å². The molecule has 1 aliphatic rings. The van der Waals surface area contributed by atoms with E-state index in [0.717, 1.165) is 11.1 Å². The number of carbonyl (C=O) groups is 1. The fourth-order valence-electron chi connectivity index (χ4n) is 2.45. The van der Waals surface area contributed by atoms with Crippen LogP contribution in [0.5, 0.6) is 0 Å². The second kappa shape index (κ2) is 4.94. The molecule has 1 fully saturated rings. The van der Waals surface area contributed by atoms with E-state index in [1.807, 2.05) is 13.8 Å². The molecule has 1 amide bonds. The van der Waals surface area contributed by atoms with Crippen molar-refractivity contribution in [2.45, 2.75) is 25.9 Å². The molecule has 2 N–H and O–H groups in total. The summed E-state index contributed by atoms with van der Waals surface area (Å²) in [6.07, 6.45) is -0.909. The highest BCUT2D eigenvalue weighted by Crippen LogP contribution is 2.23. The largest absolute Gasteiger partial charge is 0.465 e. The normalized spacial score (nSPS) is 24.1. The lowest BCUT2D eigenvalue weighted by atomic mass is 9.98. The van der Waals surface area contributed by atoms with Gasteiger partial charge in [0.15, 0.2) is 0 Å².